The quantitative estimate of drug-likeness (QED) is 0.552. The Bertz CT molecular complexity index is 1110. The molecule has 0 radical (unpaired) electrons. The van der Waals surface area contributed by atoms with Gasteiger partial charge in [0.1, 0.15) is 0 Å². The summed E-state index contributed by atoms with van der Waals surface area (Å²) in [5.41, 5.74) is -2.58. The molecule has 2 atom stereocenters. The van der Waals surface area contributed by atoms with E-state index in [0.717, 1.165) is 44.8 Å². The normalized spacial score (nSPS) is 24.0. The molecule has 3 heterocycles. The highest BCUT2D eigenvalue weighted by Crippen LogP contribution is 2.37. The summed E-state index contributed by atoms with van der Waals surface area (Å²) >= 11 is 0. The summed E-state index contributed by atoms with van der Waals surface area (Å²) in [7, 11) is 0. The molecule has 3 fully saturated rings. The van der Waals surface area contributed by atoms with Gasteiger partial charge in [-0.05, 0) is 43.0 Å². The SMILES string of the molecule is O=C(c1cc(C(F)(F)F)cc(C(F)(F)F)c1)N1CCC(N2CCN(C3CNC3)CC2)C[C@H]1Cc1ccccc1. The fraction of sp³-hybridized carbons (Fsp3) is 0.536. The fourth-order valence-corrected chi connectivity index (χ4v) is 5.95. The van der Waals surface area contributed by atoms with Gasteiger partial charge in [0.25, 0.3) is 5.91 Å². The third-order valence-electron chi connectivity index (χ3n) is 8.24. The Labute approximate surface area is 223 Å². The van der Waals surface area contributed by atoms with Gasteiger partial charge < -0.3 is 10.2 Å². The number of hydrogen-bond donors (Lipinski definition) is 1. The third kappa shape index (κ3) is 6.41. The molecule has 3 saturated heterocycles. The van der Waals surface area contributed by atoms with E-state index >= 15 is 0 Å². The minimum atomic E-state index is -5.01. The van der Waals surface area contributed by atoms with Gasteiger partial charge in [0.15, 0.2) is 0 Å². The van der Waals surface area contributed by atoms with Crippen molar-refractivity contribution in [2.24, 2.45) is 0 Å². The van der Waals surface area contributed by atoms with Crippen molar-refractivity contribution < 1.29 is 31.1 Å². The standard InChI is InChI=1S/C28H32F6N4O/c29-27(30,31)21-13-20(14-22(15-21)28(32,33)34)26(39)38-7-6-23(16-24(38)12-19-4-2-1-3-5-19)36-8-10-37(11-9-36)25-17-35-18-25/h1-5,13-15,23-25,35H,6-12,16-18H2/t23?,24-/m1/s1. The monoisotopic (exact) mass is 554 g/mol. The van der Waals surface area contributed by atoms with E-state index in [0.29, 0.717) is 37.4 Å². The largest absolute Gasteiger partial charge is 0.416 e. The minimum absolute atomic E-state index is 0.0593. The summed E-state index contributed by atoms with van der Waals surface area (Å²) in [6, 6.07) is 11.0. The molecule has 2 aromatic rings. The second-order valence-corrected chi connectivity index (χ2v) is 10.7. The molecule has 5 rings (SSSR count). The van der Waals surface area contributed by atoms with E-state index in [1.54, 1.807) is 0 Å². The first-order chi connectivity index (χ1) is 18.5. The van der Waals surface area contributed by atoms with Crippen molar-refractivity contribution in [3.05, 3.63) is 70.8 Å². The van der Waals surface area contributed by atoms with Crippen molar-refractivity contribution in [2.45, 2.75) is 49.7 Å². The Kier molecular flexibility index (Phi) is 7.94. The molecule has 0 spiro atoms. The van der Waals surface area contributed by atoms with Gasteiger partial charge in [-0.3, -0.25) is 14.6 Å². The van der Waals surface area contributed by atoms with Crippen molar-refractivity contribution in [1.82, 2.24) is 20.0 Å². The van der Waals surface area contributed by atoms with Gasteiger partial charge >= 0.3 is 12.4 Å². The summed E-state index contributed by atoms with van der Waals surface area (Å²) in [5, 5.41) is 3.30. The van der Waals surface area contributed by atoms with Crippen LogP contribution in [0.3, 0.4) is 0 Å². The van der Waals surface area contributed by atoms with Crippen LogP contribution in [0.25, 0.3) is 0 Å². The van der Waals surface area contributed by atoms with Crippen molar-refractivity contribution in [2.75, 3.05) is 45.8 Å². The van der Waals surface area contributed by atoms with E-state index in [4.69, 9.17) is 0 Å². The molecule has 212 valence electrons. The van der Waals surface area contributed by atoms with Crippen LogP contribution in [0.4, 0.5) is 26.3 Å². The molecule has 3 aliphatic heterocycles. The minimum Gasteiger partial charge on any atom is -0.335 e. The zero-order valence-electron chi connectivity index (χ0n) is 21.4. The number of halogens is 6. The molecule has 1 amide bonds. The van der Waals surface area contributed by atoms with E-state index in [1.165, 1.54) is 4.90 Å². The molecule has 2 aromatic carbocycles. The van der Waals surface area contributed by atoms with E-state index in [2.05, 4.69) is 15.1 Å². The van der Waals surface area contributed by atoms with Gasteiger partial charge in [-0.1, -0.05) is 30.3 Å². The number of rotatable bonds is 5. The van der Waals surface area contributed by atoms with Crippen LogP contribution in [0.15, 0.2) is 48.5 Å². The number of likely N-dealkylation sites (tertiary alicyclic amines) is 1. The lowest BCUT2D eigenvalue weighted by atomic mass is 9.90. The number of piperidine rings is 1. The van der Waals surface area contributed by atoms with E-state index in [1.807, 2.05) is 30.3 Å². The fourth-order valence-electron chi connectivity index (χ4n) is 5.95. The zero-order valence-corrected chi connectivity index (χ0v) is 21.4. The first-order valence-corrected chi connectivity index (χ1v) is 13.3. The Hall–Kier alpha value is -2.63. The molecule has 0 aromatic heterocycles. The van der Waals surface area contributed by atoms with Crippen LogP contribution in [-0.2, 0) is 18.8 Å². The lowest BCUT2D eigenvalue weighted by molar-refractivity contribution is -0.143. The van der Waals surface area contributed by atoms with Crippen LogP contribution in [0.5, 0.6) is 0 Å². The Morgan fingerprint density at radius 2 is 1.36 bits per heavy atom. The van der Waals surface area contributed by atoms with Crippen LogP contribution < -0.4 is 5.32 Å². The molecule has 0 bridgehead atoms. The number of hydrogen-bond acceptors (Lipinski definition) is 4. The van der Waals surface area contributed by atoms with Gasteiger partial charge in [0.05, 0.1) is 11.1 Å². The first kappa shape index (κ1) is 27.9. The summed E-state index contributed by atoms with van der Waals surface area (Å²) in [6.45, 7) is 5.99. The maximum absolute atomic E-state index is 13.6. The number of piperazine rings is 1. The smallest absolute Gasteiger partial charge is 0.335 e. The maximum Gasteiger partial charge on any atom is 0.416 e. The average molecular weight is 555 g/mol. The van der Waals surface area contributed by atoms with Gasteiger partial charge in [-0.2, -0.15) is 26.3 Å². The average Bonchev–Trinajstić information content (AvgIpc) is 2.87. The summed E-state index contributed by atoms with van der Waals surface area (Å²) in [6.07, 6.45) is -8.32. The number of carbonyl (C=O) groups excluding carboxylic acids is 1. The molecule has 11 heteroatoms. The zero-order chi connectivity index (χ0) is 27.8. The topological polar surface area (TPSA) is 38.8 Å². The molecule has 1 N–H and O–H groups in total. The highest BCUT2D eigenvalue weighted by molar-refractivity contribution is 5.95. The molecule has 1 unspecified atom stereocenters. The lowest BCUT2D eigenvalue weighted by Crippen LogP contribution is -2.63. The summed E-state index contributed by atoms with van der Waals surface area (Å²) in [5.74, 6) is -0.798. The third-order valence-corrected chi connectivity index (χ3v) is 8.24. The Morgan fingerprint density at radius 1 is 0.795 bits per heavy atom. The number of benzene rings is 2. The predicted molar refractivity (Wildman–Crippen MR) is 134 cm³/mol. The Balaban J connectivity index is 1.37. The van der Waals surface area contributed by atoms with Crippen LogP contribution in [0.1, 0.15) is 39.9 Å². The first-order valence-electron chi connectivity index (χ1n) is 13.3. The second kappa shape index (κ2) is 11.1. The number of nitrogens with one attached hydrogen (secondary N) is 1. The number of amides is 1. The van der Waals surface area contributed by atoms with E-state index < -0.39 is 35.0 Å². The van der Waals surface area contributed by atoms with Gasteiger partial charge in [-0.15, -0.1) is 0 Å². The van der Waals surface area contributed by atoms with Crippen molar-refractivity contribution in [3.8, 4) is 0 Å². The second-order valence-electron chi connectivity index (χ2n) is 10.7. The summed E-state index contributed by atoms with van der Waals surface area (Å²) in [4.78, 5) is 20.0. The molecule has 39 heavy (non-hydrogen) atoms. The molecule has 0 saturated carbocycles. The Morgan fingerprint density at radius 3 is 1.87 bits per heavy atom. The molecular formula is C28H32F6N4O. The van der Waals surface area contributed by atoms with Crippen LogP contribution >= 0.6 is 0 Å². The highest BCUT2D eigenvalue weighted by atomic mass is 19.4. The number of nitrogens with zero attached hydrogens (tertiary/aromatic N) is 3. The number of carbonyl (C=O) groups is 1. The van der Waals surface area contributed by atoms with Gasteiger partial charge in [-0.25, -0.2) is 0 Å². The molecular weight excluding hydrogens is 522 g/mol. The summed E-state index contributed by atoms with van der Waals surface area (Å²) < 4.78 is 80.8. The van der Waals surface area contributed by atoms with E-state index in [-0.39, 0.29) is 24.7 Å². The molecule has 5 nitrogen and oxygen atoms in total. The highest BCUT2D eigenvalue weighted by Gasteiger charge is 2.40. The molecule has 0 aliphatic carbocycles. The van der Waals surface area contributed by atoms with Crippen molar-refractivity contribution >= 4 is 5.91 Å². The van der Waals surface area contributed by atoms with Gasteiger partial charge in [0.2, 0.25) is 0 Å². The molecule has 3 aliphatic rings. The lowest BCUT2D eigenvalue weighted by Gasteiger charge is -2.48. The number of alkyl halides is 6. The van der Waals surface area contributed by atoms with Crippen LogP contribution in [-0.4, -0.2) is 84.5 Å². The van der Waals surface area contributed by atoms with Crippen molar-refractivity contribution in [3.63, 3.8) is 0 Å². The maximum atomic E-state index is 13.6. The van der Waals surface area contributed by atoms with Crippen molar-refractivity contribution in [1.29, 1.82) is 0 Å². The van der Waals surface area contributed by atoms with E-state index in [9.17, 15) is 31.1 Å². The van der Waals surface area contributed by atoms with Crippen LogP contribution in [0, 0.1) is 0 Å². The van der Waals surface area contributed by atoms with Gasteiger partial charge in [0, 0.05) is 69.5 Å². The predicted octanol–water partition coefficient (Wildman–Crippen LogP) is 4.53. The van der Waals surface area contributed by atoms with Crippen LogP contribution in [0.2, 0.25) is 0 Å².